The fraction of sp³-hybridized carbons (Fsp3) is 0.480. The van der Waals surface area contributed by atoms with Crippen LogP contribution in [0, 0.1) is 11.7 Å². The van der Waals surface area contributed by atoms with Crippen molar-refractivity contribution < 1.29 is 13.9 Å². The van der Waals surface area contributed by atoms with Crippen molar-refractivity contribution in [2.75, 3.05) is 20.2 Å². The van der Waals surface area contributed by atoms with E-state index in [0.717, 1.165) is 45.2 Å². The average Bonchev–Trinajstić information content (AvgIpc) is 3.49. The molecule has 4 nitrogen and oxygen atoms in total. The molecule has 2 aromatic carbocycles. The summed E-state index contributed by atoms with van der Waals surface area (Å²) >= 11 is 0. The van der Waals surface area contributed by atoms with Crippen LogP contribution in [0.25, 0.3) is 0 Å². The van der Waals surface area contributed by atoms with Gasteiger partial charge >= 0.3 is 0 Å². The Bertz CT molecular complexity index is 999. The number of fused-ring (bicyclic) bond motifs is 1. The molecule has 0 radical (unpaired) electrons. The molecular formula is C25H27FN2O2. The van der Waals surface area contributed by atoms with E-state index in [4.69, 9.17) is 4.74 Å². The first kappa shape index (κ1) is 18.4. The minimum atomic E-state index is -0.436. The number of likely N-dealkylation sites (tertiary alicyclic amines) is 1. The second kappa shape index (κ2) is 6.55. The van der Waals surface area contributed by atoms with Gasteiger partial charge in [0, 0.05) is 30.1 Å². The van der Waals surface area contributed by atoms with E-state index >= 15 is 0 Å². The lowest BCUT2D eigenvalue weighted by Gasteiger charge is -2.35. The number of hydrogen-bond donors (Lipinski definition) is 0. The van der Waals surface area contributed by atoms with E-state index in [1.165, 1.54) is 17.2 Å². The van der Waals surface area contributed by atoms with Crippen LogP contribution in [-0.2, 0) is 17.6 Å². The van der Waals surface area contributed by atoms with Crippen molar-refractivity contribution in [3.63, 3.8) is 0 Å². The highest BCUT2D eigenvalue weighted by Crippen LogP contribution is 2.57. The van der Waals surface area contributed by atoms with E-state index in [-0.39, 0.29) is 29.7 Å². The lowest BCUT2D eigenvalue weighted by molar-refractivity contribution is -0.138. The predicted molar refractivity (Wildman–Crippen MR) is 112 cm³/mol. The Labute approximate surface area is 176 Å². The van der Waals surface area contributed by atoms with Gasteiger partial charge < -0.3 is 9.64 Å². The summed E-state index contributed by atoms with van der Waals surface area (Å²) in [7, 11) is 1.61. The van der Waals surface area contributed by atoms with E-state index < -0.39 is 5.54 Å². The quantitative estimate of drug-likeness (QED) is 0.779. The van der Waals surface area contributed by atoms with E-state index in [0.29, 0.717) is 11.3 Å². The summed E-state index contributed by atoms with van der Waals surface area (Å²) in [6.07, 6.45) is 4.65. The smallest absolute Gasteiger partial charge is 0.243 e. The molecule has 3 atom stereocenters. The topological polar surface area (TPSA) is 32.8 Å². The monoisotopic (exact) mass is 406 g/mol. The summed E-state index contributed by atoms with van der Waals surface area (Å²) in [5, 5.41) is 0. The fourth-order valence-corrected chi connectivity index (χ4v) is 6.80. The molecule has 3 aliphatic heterocycles. The Morgan fingerprint density at radius 3 is 2.63 bits per heavy atom. The Hall–Kier alpha value is -2.40. The molecule has 0 N–H and O–H groups in total. The third-order valence-corrected chi connectivity index (χ3v) is 8.11. The first-order chi connectivity index (χ1) is 14.6. The van der Waals surface area contributed by atoms with Gasteiger partial charge in [0.2, 0.25) is 5.91 Å². The van der Waals surface area contributed by atoms with Gasteiger partial charge in [-0.25, -0.2) is 4.39 Å². The van der Waals surface area contributed by atoms with Crippen LogP contribution >= 0.6 is 0 Å². The molecule has 3 heterocycles. The molecule has 0 aromatic heterocycles. The van der Waals surface area contributed by atoms with Crippen molar-refractivity contribution in [2.45, 2.75) is 49.7 Å². The standard InChI is InChI=1S/C25H27FN2O2/c1-30-20-7-8-22(26)21(14-20)23-13-18-15-27(24(29)25(18)9-4-10-28(23)25)19-11-16-5-2-3-6-17(16)12-19/h2-3,5-8,14,18-19,23H,4,9-13,15H2,1H3/t18-,23-,25-/m0/s1. The van der Waals surface area contributed by atoms with E-state index in [1.807, 2.05) is 6.07 Å². The van der Waals surface area contributed by atoms with E-state index in [9.17, 15) is 9.18 Å². The van der Waals surface area contributed by atoms with Crippen molar-refractivity contribution in [1.29, 1.82) is 0 Å². The summed E-state index contributed by atoms with van der Waals surface area (Å²) in [4.78, 5) is 18.4. The van der Waals surface area contributed by atoms with Crippen molar-refractivity contribution >= 4 is 5.91 Å². The van der Waals surface area contributed by atoms with Crippen molar-refractivity contribution in [3.8, 4) is 5.75 Å². The minimum absolute atomic E-state index is 0.0422. The Balaban J connectivity index is 1.31. The van der Waals surface area contributed by atoms with Crippen LogP contribution in [0.3, 0.4) is 0 Å². The lowest BCUT2D eigenvalue weighted by Crippen LogP contribution is -2.51. The highest BCUT2D eigenvalue weighted by molar-refractivity contribution is 5.90. The molecule has 2 aromatic rings. The molecular weight excluding hydrogens is 379 g/mol. The molecule has 1 amide bonds. The van der Waals surface area contributed by atoms with Crippen molar-refractivity contribution in [1.82, 2.24) is 9.80 Å². The van der Waals surface area contributed by atoms with Crippen LogP contribution in [0.1, 0.15) is 42.0 Å². The number of ether oxygens (including phenoxy) is 1. The highest BCUT2D eigenvalue weighted by Gasteiger charge is 2.66. The average molecular weight is 407 g/mol. The Kier molecular flexibility index (Phi) is 4.01. The fourth-order valence-electron chi connectivity index (χ4n) is 6.80. The molecule has 6 rings (SSSR count). The molecule has 1 spiro atoms. The third kappa shape index (κ3) is 2.38. The van der Waals surface area contributed by atoms with Gasteiger partial charge in [-0.1, -0.05) is 24.3 Å². The van der Waals surface area contributed by atoms with Crippen LogP contribution in [0.15, 0.2) is 42.5 Å². The number of nitrogens with zero attached hydrogens (tertiary/aromatic N) is 2. The van der Waals surface area contributed by atoms with Gasteiger partial charge in [0.15, 0.2) is 0 Å². The maximum absolute atomic E-state index is 14.8. The van der Waals surface area contributed by atoms with Gasteiger partial charge in [0.25, 0.3) is 0 Å². The van der Waals surface area contributed by atoms with Gasteiger partial charge in [0.05, 0.1) is 7.11 Å². The molecule has 30 heavy (non-hydrogen) atoms. The van der Waals surface area contributed by atoms with Gasteiger partial charge in [-0.05, 0) is 68.0 Å². The zero-order valence-corrected chi connectivity index (χ0v) is 17.3. The van der Waals surface area contributed by atoms with Crippen LogP contribution in [-0.4, -0.2) is 47.5 Å². The molecule has 3 saturated heterocycles. The predicted octanol–water partition coefficient (Wildman–Crippen LogP) is 3.74. The number of methoxy groups -OCH3 is 1. The number of rotatable bonds is 3. The Morgan fingerprint density at radius 2 is 1.90 bits per heavy atom. The van der Waals surface area contributed by atoms with Crippen LogP contribution in [0.5, 0.6) is 5.75 Å². The third-order valence-electron chi connectivity index (χ3n) is 8.11. The van der Waals surface area contributed by atoms with Crippen LogP contribution in [0.2, 0.25) is 0 Å². The molecule has 0 unspecified atom stereocenters. The number of halogens is 1. The SMILES string of the molecule is COc1ccc(F)c([C@@H]2C[C@H]3CN(C4Cc5ccccc5C4)C(=O)[C@]34CCCN24)c1. The number of hydrogen-bond acceptors (Lipinski definition) is 3. The summed E-state index contributed by atoms with van der Waals surface area (Å²) in [6, 6.07) is 13.8. The second-order valence-corrected chi connectivity index (χ2v) is 9.35. The molecule has 4 aliphatic rings. The van der Waals surface area contributed by atoms with E-state index in [2.05, 4.69) is 34.1 Å². The number of carbonyl (C=O) groups excluding carboxylic acids is 1. The Morgan fingerprint density at radius 1 is 1.13 bits per heavy atom. The van der Waals surface area contributed by atoms with Gasteiger partial charge in [-0.3, -0.25) is 9.69 Å². The largest absolute Gasteiger partial charge is 0.497 e. The zero-order chi connectivity index (χ0) is 20.5. The minimum Gasteiger partial charge on any atom is -0.497 e. The first-order valence-corrected chi connectivity index (χ1v) is 11.1. The summed E-state index contributed by atoms with van der Waals surface area (Å²) in [6.45, 7) is 1.67. The van der Waals surface area contributed by atoms with Crippen molar-refractivity contribution in [2.24, 2.45) is 5.92 Å². The molecule has 0 saturated carbocycles. The second-order valence-electron chi connectivity index (χ2n) is 9.35. The maximum atomic E-state index is 14.8. The summed E-state index contributed by atoms with van der Waals surface area (Å²) < 4.78 is 20.1. The van der Waals surface area contributed by atoms with Crippen LogP contribution < -0.4 is 4.74 Å². The highest BCUT2D eigenvalue weighted by atomic mass is 19.1. The normalized spacial score (nSPS) is 30.6. The number of amides is 1. The summed E-state index contributed by atoms with van der Waals surface area (Å²) in [5.41, 5.74) is 3.00. The van der Waals surface area contributed by atoms with Crippen molar-refractivity contribution in [3.05, 3.63) is 65.0 Å². The molecule has 5 heteroatoms. The maximum Gasteiger partial charge on any atom is 0.243 e. The van der Waals surface area contributed by atoms with E-state index in [1.54, 1.807) is 13.2 Å². The zero-order valence-electron chi connectivity index (χ0n) is 17.3. The molecule has 156 valence electrons. The van der Waals surface area contributed by atoms with Gasteiger partial charge in [-0.15, -0.1) is 0 Å². The lowest BCUT2D eigenvalue weighted by atomic mass is 9.85. The van der Waals surface area contributed by atoms with Gasteiger partial charge in [-0.2, -0.15) is 0 Å². The van der Waals surface area contributed by atoms with Gasteiger partial charge in [0.1, 0.15) is 17.1 Å². The number of carbonyl (C=O) groups is 1. The number of benzene rings is 2. The van der Waals surface area contributed by atoms with Crippen LogP contribution in [0.4, 0.5) is 4.39 Å². The molecule has 3 fully saturated rings. The molecule has 1 aliphatic carbocycles. The molecule has 0 bridgehead atoms. The first-order valence-electron chi connectivity index (χ1n) is 11.1. The summed E-state index contributed by atoms with van der Waals surface area (Å²) in [5.74, 6) is 1.03.